The van der Waals surface area contributed by atoms with Crippen molar-refractivity contribution in [1.29, 1.82) is 0 Å². The molecule has 1 aliphatic carbocycles. The van der Waals surface area contributed by atoms with Crippen molar-refractivity contribution in [2.75, 3.05) is 0 Å². The van der Waals surface area contributed by atoms with Crippen LogP contribution in [0.1, 0.15) is 24.6 Å². The zero-order chi connectivity index (χ0) is 8.93. The van der Waals surface area contributed by atoms with Crippen LogP contribution >= 0.6 is 22.9 Å². The summed E-state index contributed by atoms with van der Waals surface area (Å²) in [7, 11) is 0. The van der Waals surface area contributed by atoms with Crippen molar-refractivity contribution in [3.63, 3.8) is 0 Å². The molecule has 1 aliphatic rings. The Morgan fingerprint density at radius 2 is 2.25 bits per heavy atom. The Morgan fingerprint density at radius 3 is 2.58 bits per heavy atom. The maximum atomic E-state index is 5.92. The molecule has 66 valence electrons. The minimum Gasteiger partial charge on any atom is -0.327 e. The fourth-order valence-electron chi connectivity index (χ4n) is 1.63. The summed E-state index contributed by atoms with van der Waals surface area (Å²) < 4.78 is 0.611. The molecule has 12 heavy (non-hydrogen) atoms. The summed E-state index contributed by atoms with van der Waals surface area (Å²) in [5, 5.41) is 0. The number of nitrogens with two attached hydrogens (primary N) is 1. The van der Waals surface area contributed by atoms with Crippen molar-refractivity contribution >= 4 is 22.9 Å². The minimum absolute atomic E-state index is 0.232. The number of halogens is 1. The minimum atomic E-state index is 0.232. The Balaban J connectivity index is 2.24. The molecule has 2 atom stereocenters. The fraction of sp³-hybridized carbons (Fsp3) is 0.625. The SMILES string of the molecule is CC1(C)C(N)C1c1cnc(Cl)s1. The topological polar surface area (TPSA) is 38.9 Å². The largest absolute Gasteiger partial charge is 0.327 e. The smallest absolute Gasteiger partial charge is 0.183 e. The van der Waals surface area contributed by atoms with Crippen molar-refractivity contribution in [2.24, 2.45) is 11.1 Å². The maximum absolute atomic E-state index is 5.92. The lowest BCUT2D eigenvalue weighted by Crippen LogP contribution is -2.06. The van der Waals surface area contributed by atoms with E-state index in [-0.39, 0.29) is 11.5 Å². The molecule has 1 aromatic heterocycles. The third-order valence-electron chi connectivity index (χ3n) is 2.71. The molecule has 0 bridgehead atoms. The van der Waals surface area contributed by atoms with Crippen LogP contribution in [0, 0.1) is 5.41 Å². The monoisotopic (exact) mass is 202 g/mol. The molecule has 0 saturated heterocycles. The third-order valence-corrected chi connectivity index (χ3v) is 3.91. The van der Waals surface area contributed by atoms with Gasteiger partial charge in [0.15, 0.2) is 4.47 Å². The highest BCUT2D eigenvalue weighted by Crippen LogP contribution is 2.58. The lowest BCUT2D eigenvalue weighted by molar-refractivity contribution is 0.601. The first-order valence-corrected chi connectivity index (χ1v) is 5.09. The summed E-state index contributed by atoms with van der Waals surface area (Å²) in [6.07, 6.45) is 1.84. The second kappa shape index (κ2) is 2.44. The molecule has 2 unspecified atom stereocenters. The van der Waals surface area contributed by atoms with Crippen molar-refractivity contribution in [1.82, 2.24) is 4.98 Å². The quantitative estimate of drug-likeness (QED) is 0.759. The Labute approximate surface area is 80.8 Å². The molecular weight excluding hydrogens is 192 g/mol. The average Bonchev–Trinajstić information content (AvgIpc) is 2.38. The molecule has 2 rings (SSSR count). The van der Waals surface area contributed by atoms with E-state index < -0.39 is 0 Å². The zero-order valence-electron chi connectivity index (χ0n) is 7.04. The summed E-state index contributed by atoms with van der Waals surface area (Å²) >= 11 is 7.28. The van der Waals surface area contributed by atoms with Gasteiger partial charge in [0.05, 0.1) is 0 Å². The lowest BCUT2D eigenvalue weighted by atomic mass is 10.1. The van der Waals surface area contributed by atoms with Gasteiger partial charge in [0, 0.05) is 23.0 Å². The lowest BCUT2D eigenvalue weighted by Gasteiger charge is -1.96. The van der Waals surface area contributed by atoms with Gasteiger partial charge in [0.25, 0.3) is 0 Å². The zero-order valence-corrected chi connectivity index (χ0v) is 8.62. The van der Waals surface area contributed by atoms with Crippen LogP contribution < -0.4 is 5.73 Å². The molecule has 1 fully saturated rings. The summed E-state index contributed by atoms with van der Waals surface area (Å²) in [6.45, 7) is 4.35. The Morgan fingerprint density at radius 1 is 1.67 bits per heavy atom. The third kappa shape index (κ3) is 1.08. The average molecular weight is 203 g/mol. The maximum Gasteiger partial charge on any atom is 0.183 e. The molecule has 0 spiro atoms. The van der Waals surface area contributed by atoms with Gasteiger partial charge >= 0.3 is 0 Å². The van der Waals surface area contributed by atoms with E-state index >= 15 is 0 Å². The van der Waals surface area contributed by atoms with E-state index in [4.69, 9.17) is 17.3 Å². The first-order valence-electron chi connectivity index (χ1n) is 3.90. The summed E-state index contributed by atoms with van der Waals surface area (Å²) in [6, 6.07) is 0.272. The van der Waals surface area contributed by atoms with Crippen LogP contribution in [0.3, 0.4) is 0 Å². The van der Waals surface area contributed by atoms with Crippen LogP contribution in [0.4, 0.5) is 0 Å². The van der Waals surface area contributed by atoms with Crippen LogP contribution in [0.25, 0.3) is 0 Å². The normalized spacial score (nSPS) is 32.0. The summed E-state index contributed by atoms with van der Waals surface area (Å²) in [4.78, 5) is 5.23. The highest BCUT2D eigenvalue weighted by molar-refractivity contribution is 7.15. The molecule has 1 saturated carbocycles. The number of aromatic nitrogens is 1. The van der Waals surface area contributed by atoms with Gasteiger partial charge in [-0.3, -0.25) is 0 Å². The van der Waals surface area contributed by atoms with Gasteiger partial charge in [-0.15, -0.1) is 11.3 Å². The first-order chi connectivity index (χ1) is 5.53. The van der Waals surface area contributed by atoms with Crippen LogP contribution in [-0.2, 0) is 0 Å². The molecule has 1 aromatic rings. The number of thiazole rings is 1. The number of nitrogens with zero attached hydrogens (tertiary/aromatic N) is 1. The van der Waals surface area contributed by atoms with E-state index in [1.54, 1.807) is 0 Å². The molecule has 0 radical (unpaired) electrons. The fourth-order valence-corrected chi connectivity index (χ4v) is 2.93. The van der Waals surface area contributed by atoms with Gasteiger partial charge in [-0.1, -0.05) is 25.4 Å². The van der Waals surface area contributed by atoms with Crippen LogP contribution in [0.2, 0.25) is 4.47 Å². The summed E-state index contributed by atoms with van der Waals surface area (Å²) in [5.41, 5.74) is 6.15. The predicted molar refractivity (Wildman–Crippen MR) is 51.6 cm³/mol. The van der Waals surface area contributed by atoms with E-state index in [1.165, 1.54) is 16.2 Å². The van der Waals surface area contributed by atoms with E-state index in [0.29, 0.717) is 10.4 Å². The van der Waals surface area contributed by atoms with Gasteiger partial charge in [0.2, 0.25) is 0 Å². The van der Waals surface area contributed by atoms with E-state index in [0.717, 1.165) is 0 Å². The van der Waals surface area contributed by atoms with Crippen LogP contribution in [0.15, 0.2) is 6.20 Å². The highest BCUT2D eigenvalue weighted by Gasteiger charge is 2.56. The molecule has 0 aliphatic heterocycles. The van der Waals surface area contributed by atoms with E-state index in [9.17, 15) is 0 Å². The van der Waals surface area contributed by atoms with Gasteiger partial charge in [0.1, 0.15) is 0 Å². The van der Waals surface area contributed by atoms with Crippen molar-refractivity contribution in [2.45, 2.75) is 25.8 Å². The molecule has 0 aromatic carbocycles. The van der Waals surface area contributed by atoms with Gasteiger partial charge in [-0.25, -0.2) is 4.98 Å². The summed E-state index contributed by atoms with van der Waals surface area (Å²) in [5.74, 6) is 0.461. The Kier molecular flexibility index (Phi) is 1.72. The molecule has 0 amide bonds. The van der Waals surface area contributed by atoms with Gasteiger partial charge in [-0.05, 0) is 5.41 Å². The number of hydrogen-bond donors (Lipinski definition) is 1. The van der Waals surface area contributed by atoms with Crippen LogP contribution in [-0.4, -0.2) is 11.0 Å². The number of rotatable bonds is 1. The van der Waals surface area contributed by atoms with E-state index in [2.05, 4.69) is 18.8 Å². The standard InChI is InChI=1S/C8H11ClN2S/c1-8(2)5(6(8)10)4-3-11-7(9)12-4/h3,5-6H,10H2,1-2H3. The number of hydrogen-bond acceptors (Lipinski definition) is 3. The second-order valence-electron chi connectivity index (χ2n) is 3.84. The molecule has 2 nitrogen and oxygen atoms in total. The van der Waals surface area contributed by atoms with Crippen molar-refractivity contribution < 1.29 is 0 Å². The van der Waals surface area contributed by atoms with Crippen molar-refractivity contribution in [3.8, 4) is 0 Å². The van der Waals surface area contributed by atoms with Crippen LogP contribution in [0.5, 0.6) is 0 Å². The van der Waals surface area contributed by atoms with Crippen molar-refractivity contribution in [3.05, 3.63) is 15.5 Å². The second-order valence-corrected chi connectivity index (χ2v) is 5.48. The molecule has 1 heterocycles. The van der Waals surface area contributed by atoms with Gasteiger partial charge < -0.3 is 5.73 Å². The van der Waals surface area contributed by atoms with Gasteiger partial charge in [-0.2, -0.15) is 0 Å². The Bertz CT molecular complexity index is 308. The molecule has 2 N–H and O–H groups in total. The molecular formula is C8H11ClN2S. The highest BCUT2D eigenvalue weighted by atomic mass is 35.5. The molecule has 4 heteroatoms. The Hall–Kier alpha value is -0.120. The first kappa shape index (κ1) is 8.48. The predicted octanol–water partition coefficient (Wildman–Crippen LogP) is 2.25. The van der Waals surface area contributed by atoms with E-state index in [1.807, 2.05) is 6.20 Å².